The fraction of sp³-hybridized carbons (Fsp3) is 0.961. The van der Waals surface area contributed by atoms with Crippen molar-refractivity contribution in [2.45, 2.75) is 234 Å². The number of hydrogen-bond donors (Lipinski definition) is 14. The highest BCUT2D eigenvalue weighted by atomic mass is 16.8. The highest BCUT2D eigenvalue weighted by Gasteiger charge is 2.66. The third-order valence-electron chi connectivity index (χ3n) is 19.5. The number of fused-ring (bicyclic) bond motifs is 7. The normalized spacial score (nSPS) is 53.9. The van der Waals surface area contributed by atoms with E-state index in [-0.39, 0.29) is 41.3 Å². The van der Waals surface area contributed by atoms with Crippen LogP contribution in [-0.2, 0) is 42.6 Å². The van der Waals surface area contributed by atoms with Gasteiger partial charge in [0.1, 0.15) is 97.7 Å². The number of aliphatic hydroxyl groups excluding tert-OH is 14. The molecule has 23 nitrogen and oxygen atoms in total. The lowest BCUT2D eigenvalue weighted by molar-refractivity contribution is -0.397. The van der Waals surface area contributed by atoms with Gasteiger partial charge in [-0.15, -0.1) is 0 Å². The summed E-state index contributed by atoms with van der Waals surface area (Å²) in [5.41, 5.74) is 1.03. The number of hydrogen-bond acceptors (Lipinski definition) is 23. The highest BCUT2D eigenvalue weighted by molar-refractivity contribution is 5.27. The third kappa shape index (κ3) is 10.3. The Morgan fingerprint density at radius 2 is 1.16 bits per heavy atom. The summed E-state index contributed by atoms with van der Waals surface area (Å²) in [6.07, 6.45) is -25.9. The molecule has 0 bridgehead atoms. The van der Waals surface area contributed by atoms with Crippen molar-refractivity contribution in [2.75, 3.05) is 26.4 Å². The van der Waals surface area contributed by atoms with Crippen LogP contribution in [-0.4, -0.2) is 239 Å². The van der Waals surface area contributed by atoms with Gasteiger partial charge < -0.3 is 114 Å². The van der Waals surface area contributed by atoms with Crippen LogP contribution >= 0.6 is 0 Å². The molecule has 9 aliphatic rings. The first kappa shape index (κ1) is 57.3. The molecule has 0 radical (unpaired) electrons. The summed E-state index contributed by atoms with van der Waals surface area (Å²) in [5.74, 6) is 2.54. The Bertz CT molecular complexity index is 1910. The molecule has 0 unspecified atom stereocenters. The molecule has 0 aromatic heterocycles. The minimum absolute atomic E-state index is 0.00848. The molecule has 0 spiro atoms. The molecular weight excluding hydrogens is 981 g/mol. The first-order chi connectivity index (χ1) is 35.1. The second kappa shape index (κ2) is 22.7. The summed E-state index contributed by atoms with van der Waals surface area (Å²) in [5, 5.41) is 149. The third-order valence-corrected chi connectivity index (χ3v) is 19.5. The quantitative estimate of drug-likeness (QED) is 0.0727. The van der Waals surface area contributed by atoms with Crippen molar-refractivity contribution < 1.29 is 114 Å². The molecule has 5 heterocycles. The maximum Gasteiger partial charge on any atom is 0.187 e. The summed E-state index contributed by atoms with van der Waals surface area (Å²) < 4.78 is 54.7. The molecule has 0 aromatic rings. The molecule has 0 amide bonds. The zero-order chi connectivity index (χ0) is 53.5. The van der Waals surface area contributed by atoms with E-state index < -0.39 is 155 Å². The van der Waals surface area contributed by atoms with Crippen LogP contribution in [0.15, 0.2) is 11.3 Å². The van der Waals surface area contributed by atoms with Crippen molar-refractivity contribution in [3.63, 3.8) is 0 Å². The van der Waals surface area contributed by atoms with Gasteiger partial charge in [-0.3, -0.25) is 0 Å². The summed E-state index contributed by atoms with van der Waals surface area (Å²) in [7, 11) is 0. The first-order valence-corrected chi connectivity index (χ1v) is 26.9. The molecule has 9 rings (SSSR count). The van der Waals surface area contributed by atoms with E-state index in [4.69, 9.17) is 42.6 Å². The van der Waals surface area contributed by atoms with Crippen LogP contribution in [0, 0.1) is 46.3 Å². The van der Waals surface area contributed by atoms with Crippen LogP contribution in [0.25, 0.3) is 0 Å². The Kier molecular flexibility index (Phi) is 17.6. The van der Waals surface area contributed by atoms with Crippen molar-refractivity contribution in [3.05, 3.63) is 11.3 Å². The molecule has 31 atom stereocenters. The Hall–Kier alpha value is -1.34. The summed E-state index contributed by atoms with van der Waals surface area (Å²) in [6, 6.07) is 0. The van der Waals surface area contributed by atoms with Crippen molar-refractivity contribution in [1.82, 2.24) is 0 Å². The van der Waals surface area contributed by atoms with Gasteiger partial charge in [0, 0.05) is 12.3 Å². The van der Waals surface area contributed by atoms with Crippen molar-refractivity contribution >= 4 is 0 Å². The van der Waals surface area contributed by atoms with Gasteiger partial charge in [0.15, 0.2) is 25.2 Å². The first-order valence-electron chi connectivity index (χ1n) is 26.9. The molecule has 23 heteroatoms. The summed E-state index contributed by atoms with van der Waals surface area (Å²) >= 11 is 0. The van der Waals surface area contributed by atoms with E-state index in [1.54, 1.807) is 0 Å². The van der Waals surface area contributed by atoms with E-state index in [1.165, 1.54) is 12.5 Å². The average molecular weight is 1070 g/mol. The van der Waals surface area contributed by atoms with Gasteiger partial charge in [0.2, 0.25) is 0 Å². The fourth-order valence-corrected chi connectivity index (χ4v) is 15.2. The van der Waals surface area contributed by atoms with Crippen molar-refractivity contribution in [3.8, 4) is 0 Å². The SMILES string of the molecule is CC1=C(CC[C@@H](C)CO[C@@H]2O[C@H](CO)[C@@H](O)[C@H](O)[C@H]2O)O[C@H]2C[C@H]3[C@@H]4CC[C@H]5C[C@@H](O[C@@H]6O[C@H](CO)[C@@H](O)[C@H](O[C@@H]7O[C@H](CO)[C@@H](O)[C@H](O)[C@H]7O)[C@H]6O[C@H]6O[C@@H](C)[C@H](O)[C@@H](O)[C@H]6O)[C@H](O)C[C@]5(C)[C@H]4CC[C@]3(C)[C@@H]12. The van der Waals surface area contributed by atoms with Gasteiger partial charge >= 0.3 is 0 Å². The molecule has 4 saturated heterocycles. The van der Waals surface area contributed by atoms with E-state index in [2.05, 4.69) is 20.8 Å². The number of ether oxygens (including phenoxy) is 9. The molecule has 14 N–H and O–H groups in total. The molecule has 0 aromatic carbocycles. The monoisotopic (exact) mass is 1060 g/mol. The van der Waals surface area contributed by atoms with E-state index in [9.17, 15) is 71.5 Å². The summed E-state index contributed by atoms with van der Waals surface area (Å²) in [4.78, 5) is 0. The second-order valence-electron chi connectivity index (χ2n) is 23.8. The minimum atomic E-state index is -1.91. The molecule has 5 aliphatic heterocycles. The lowest BCUT2D eigenvalue weighted by atomic mass is 9.44. The minimum Gasteiger partial charge on any atom is -0.494 e. The molecule has 426 valence electrons. The predicted octanol–water partition coefficient (Wildman–Crippen LogP) is -3.01. The van der Waals surface area contributed by atoms with Crippen LogP contribution in [0.2, 0.25) is 0 Å². The summed E-state index contributed by atoms with van der Waals surface area (Å²) in [6.45, 7) is 8.53. The highest BCUT2D eigenvalue weighted by Crippen LogP contribution is 2.70. The van der Waals surface area contributed by atoms with Gasteiger partial charge in [-0.25, -0.2) is 0 Å². The van der Waals surface area contributed by atoms with Gasteiger partial charge in [-0.05, 0) is 111 Å². The molecular formula is C51H84O23. The lowest BCUT2D eigenvalue weighted by Gasteiger charge is -2.61. The maximum atomic E-state index is 12.2. The Balaban J connectivity index is 0.866. The zero-order valence-electron chi connectivity index (χ0n) is 42.9. The largest absolute Gasteiger partial charge is 0.494 e. The molecule has 4 aliphatic carbocycles. The smallest absolute Gasteiger partial charge is 0.187 e. The van der Waals surface area contributed by atoms with Crippen molar-refractivity contribution in [2.24, 2.45) is 46.3 Å². The fourth-order valence-electron chi connectivity index (χ4n) is 15.2. The number of aliphatic hydroxyl groups is 14. The van der Waals surface area contributed by atoms with Gasteiger partial charge in [-0.1, -0.05) is 20.8 Å². The van der Waals surface area contributed by atoms with Crippen LogP contribution < -0.4 is 0 Å². The van der Waals surface area contributed by atoms with E-state index in [0.29, 0.717) is 37.0 Å². The number of allylic oxidation sites excluding steroid dienone is 1. The van der Waals surface area contributed by atoms with Crippen LogP contribution in [0.5, 0.6) is 0 Å². The Morgan fingerprint density at radius 3 is 1.81 bits per heavy atom. The lowest BCUT2D eigenvalue weighted by Crippen LogP contribution is -2.67. The molecule has 74 heavy (non-hydrogen) atoms. The van der Waals surface area contributed by atoms with E-state index >= 15 is 0 Å². The van der Waals surface area contributed by atoms with Gasteiger partial charge in [0.25, 0.3) is 0 Å². The standard InChI is InChI=1S/C51H84O23/c1-19(18-66-46-41(63)39(61)35(57)30(15-52)70-46)6-9-27-20(2)33-29(68-27)13-25-23-8-7-22-12-28(26(55)14-51(22,5)24(23)10-11-50(25,33)4)69-49-45(74-47-42(64)38(60)34(56)21(3)67-47)44(37(59)32(17-54)72-49)73-48-43(65)40(62)36(58)31(16-53)71-48/h19,21-26,28-49,52-65H,6-18H2,1-5H3/t19-,21+,22+,23-,24+,25+,26-,28-,29+,30-,31-,32-,33+,34+,35-,36-,37-,38-,39+,40+,41-,42-,43-,44+,45-,46-,47-,48+,49-,50+,51+/m1/s1. The van der Waals surface area contributed by atoms with Crippen LogP contribution in [0.3, 0.4) is 0 Å². The second-order valence-corrected chi connectivity index (χ2v) is 23.8. The topological polar surface area (TPSA) is 366 Å². The zero-order valence-corrected chi connectivity index (χ0v) is 42.9. The number of rotatable bonds is 15. The van der Waals surface area contributed by atoms with Crippen LogP contribution in [0.4, 0.5) is 0 Å². The van der Waals surface area contributed by atoms with Gasteiger partial charge in [0.05, 0.1) is 50.5 Å². The van der Waals surface area contributed by atoms with E-state index in [1.807, 2.05) is 6.92 Å². The predicted molar refractivity (Wildman–Crippen MR) is 250 cm³/mol. The van der Waals surface area contributed by atoms with Crippen LogP contribution in [0.1, 0.15) is 92.4 Å². The Morgan fingerprint density at radius 1 is 0.595 bits per heavy atom. The average Bonchev–Trinajstić information content (AvgIpc) is 3.87. The molecule has 8 fully saturated rings. The van der Waals surface area contributed by atoms with E-state index in [0.717, 1.165) is 44.3 Å². The maximum absolute atomic E-state index is 12.2. The Labute approximate surface area is 430 Å². The van der Waals surface area contributed by atoms with Crippen molar-refractivity contribution in [1.29, 1.82) is 0 Å². The molecule has 4 saturated carbocycles. The van der Waals surface area contributed by atoms with Gasteiger partial charge in [-0.2, -0.15) is 0 Å².